The summed E-state index contributed by atoms with van der Waals surface area (Å²) in [6.45, 7) is 7.27. The lowest BCUT2D eigenvalue weighted by molar-refractivity contribution is 0.0115. The Morgan fingerprint density at radius 3 is 2.51 bits per heavy atom. The fraction of sp³-hybridized carbons (Fsp3) is 0.556. The molecule has 0 radical (unpaired) electrons. The summed E-state index contributed by atoms with van der Waals surface area (Å²) in [4.78, 5) is 26.0. The molecule has 3 aliphatic rings. The molecule has 6 rings (SSSR count). The zero-order chi connectivity index (χ0) is 25.5. The van der Waals surface area contributed by atoms with Gasteiger partial charge in [0.25, 0.3) is 0 Å². The molecule has 5 heterocycles. The largest absolute Gasteiger partial charge is 0.493 e. The van der Waals surface area contributed by atoms with Crippen LogP contribution in [0.3, 0.4) is 0 Å². The topological polar surface area (TPSA) is 117 Å². The van der Waals surface area contributed by atoms with Gasteiger partial charge in [-0.2, -0.15) is 5.10 Å². The zero-order valence-electron chi connectivity index (χ0n) is 21.3. The van der Waals surface area contributed by atoms with E-state index in [-0.39, 0.29) is 11.6 Å². The molecule has 1 saturated carbocycles. The predicted octanol–water partition coefficient (Wildman–Crippen LogP) is 3.35. The van der Waals surface area contributed by atoms with Gasteiger partial charge in [-0.15, -0.1) is 0 Å². The summed E-state index contributed by atoms with van der Waals surface area (Å²) in [6, 6.07) is 3.83. The van der Waals surface area contributed by atoms with Crippen molar-refractivity contribution >= 4 is 22.7 Å². The third-order valence-corrected chi connectivity index (χ3v) is 8.28. The maximum absolute atomic E-state index is 12.4. The van der Waals surface area contributed by atoms with Crippen molar-refractivity contribution in [2.45, 2.75) is 57.4 Å². The van der Waals surface area contributed by atoms with Gasteiger partial charge in [0.1, 0.15) is 0 Å². The van der Waals surface area contributed by atoms with E-state index in [0.29, 0.717) is 29.7 Å². The van der Waals surface area contributed by atoms with Crippen LogP contribution in [0.5, 0.6) is 5.88 Å². The van der Waals surface area contributed by atoms with Gasteiger partial charge in [-0.05, 0) is 38.2 Å². The number of ether oxygens (including phenoxy) is 1. The summed E-state index contributed by atoms with van der Waals surface area (Å²) >= 11 is 0. The monoisotopic (exact) mass is 506 g/mol. The van der Waals surface area contributed by atoms with Crippen molar-refractivity contribution in [1.29, 1.82) is 0 Å². The molecule has 0 unspecified atom stereocenters. The number of morpholine rings is 1. The molecular formula is C27H34N6O4. The highest BCUT2D eigenvalue weighted by molar-refractivity contribution is 6.01. The third-order valence-electron chi connectivity index (χ3n) is 8.28. The Kier molecular flexibility index (Phi) is 6.46. The summed E-state index contributed by atoms with van der Waals surface area (Å²) in [5.74, 6) is -0.815. The van der Waals surface area contributed by atoms with Crippen LogP contribution in [0.4, 0.5) is 5.69 Å². The first-order valence-electron chi connectivity index (χ1n) is 13.5. The lowest BCUT2D eigenvalue weighted by atomic mass is 9.81. The molecule has 3 aromatic rings. The van der Waals surface area contributed by atoms with Crippen LogP contribution >= 0.6 is 0 Å². The van der Waals surface area contributed by atoms with E-state index in [1.807, 2.05) is 6.92 Å². The molecule has 0 spiro atoms. The summed E-state index contributed by atoms with van der Waals surface area (Å²) in [5.41, 5.74) is 3.99. The molecule has 2 N–H and O–H groups in total. The number of carboxylic acid groups (broad SMARTS) is 1. The molecule has 0 bridgehead atoms. The summed E-state index contributed by atoms with van der Waals surface area (Å²) in [7, 11) is 0. The van der Waals surface area contributed by atoms with Gasteiger partial charge in [-0.25, -0.2) is 19.4 Å². The van der Waals surface area contributed by atoms with E-state index >= 15 is 0 Å². The number of carboxylic acids is 1. The van der Waals surface area contributed by atoms with Crippen molar-refractivity contribution in [2.75, 3.05) is 44.3 Å². The maximum atomic E-state index is 12.4. The van der Waals surface area contributed by atoms with Gasteiger partial charge < -0.3 is 19.8 Å². The number of hydrogen-bond donors (Lipinski definition) is 2. The number of hydrogen-bond acceptors (Lipinski definition) is 8. The molecule has 0 aromatic carbocycles. The van der Waals surface area contributed by atoms with Crippen molar-refractivity contribution < 1.29 is 19.7 Å². The Hall–Kier alpha value is -3.24. The summed E-state index contributed by atoms with van der Waals surface area (Å²) in [6.07, 6.45) is 7.45. The second-order valence-corrected chi connectivity index (χ2v) is 10.3. The minimum Gasteiger partial charge on any atom is -0.493 e. The van der Waals surface area contributed by atoms with Crippen LogP contribution in [0, 0.1) is 0 Å². The SMILES string of the molecule is CCc1c(C(=O)O)nc2c(c(C3CCC3)nn2-c2ccnc(O)c2)c1N1CCC(N2CCOCC2)CC1. The van der Waals surface area contributed by atoms with Crippen LogP contribution in [0.15, 0.2) is 18.3 Å². The van der Waals surface area contributed by atoms with Gasteiger partial charge in [0.15, 0.2) is 11.3 Å². The highest BCUT2D eigenvalue weighted by atomic mass is 16.5. The molecule has 2 saturated heterocycles. The quantitative estimate of drug-likeness (QED) is 0.519. The smallest absolute Gasteiger partial charge is 0.354 e. The first kappa shape index (κ1) is 24.1. The standard InChI is InChI=1S/C27H34N6O4/c1-2-20-24(27(35)36)29-26-22(25(20)32-10-7-18(8-11-32)31-12-14-37-15-13-31)23(17-4-3-5-17)30-33(26)19-6-9-28-21(34)16-19/h6,9,16-18H,2-5,7-8,10-15H2,1H3,(H,28,34)(H,35,36). The van der Waals surface area contributed by atoms with Gasteiger partial charge in [0.05, 0.1) is 35.7 Å². The number of rotatable bonds is 6. The lowest BCUT2D eigenvalue weighted by Crippen LogP contribution is -2.49. The molecule has 0 atom stereocenters. The fourth-order valence-electron chi connectivity index (χ4n) is 6.14. The number of anilines is 1. The van der Waals surface area contributed by atoms with Crippen molar-refractivity contribution in [1.82, 2.24) is 24.6 Å². The van der Waals surface area contributed by atoms with E-state index in [1.165, 1.54) is 6.20 Å². The fourth-order valence-corrected chi connectivity index (χ4v) is 6.14. The number of aromatic carboxylic acids is 1. The Morgan fingerprint density at radius 1 is 1.14 bits per heavy atom. The molecule has 0 amide bonds. The normalized spacial score (nSPS) is 19.9. The van der Waals surface area contributed by atoms with E-state index in [0.717, 1.165) is 93.8 Å². The van der Waals surface area contributed by atoms with Gasteiger partial charge in [0.2, 0.25) is 5.88 Å². The van der Waals surface area contributed by atoms with Crippen molar-refractivity contribution in [3.63, 3.8) is 0 Å². The average Bonchev–Trinajstić information content (AvgIpc) is 3.26. The minimum absolute atomic E-state index is 0.0832. The van der Waals surface area contributed by atoms with Crippen molar-refractivity contribution in [3.05, 3.63) is 35.3 Å². The molecule has 1 aliphatic carbocycles. The van der Waals surface area contributed by atoms with Crippen LogP contribution in [0.25, 0.3) is 16.7 Å². The number of pyridine rings is 2. The van der Waals surface area contributed by atoms with E-state index in [4.69, 9.17) is 14.8 Å². The average molecular weight is 507 g/mol. The van der Waals surface area contributed by atoms with E-state index in [9.17, 15) is 15.0 Å². The lowest BCUT2D eigenvalue weighted by Gasteiger charge is -2.41. The zero-order valence-corrected chi connectivity index (χ0v) is 21.3. The number of fused-ring (bicyclic) bond motifs is 1. The Balaban J connectivity index is 1.49. The molecule has 196 valence electrons. The van der Waals surface area contributed by atoms with Crippen LogP contribution in [-0.2, 0) is 11.2 Å². The van der Waals surface area contributed by atoms with Crippen LogP contribution in [-0.4, -0.2) is 86.3 Å². The number of aromatic hydroxyl groups is 1. The highest BCUT2D eigenvalue weighted by Gasteiger charge is 2.34. The minimum atomic E-state index is -1.03. The Morgan fingerprint density at radius 2 is 1.89 bits per heavy atom. The Bertz CT molecular complexity index is 1310. The number of nitrogens with zero attached hydrogens (tertiary/aromatic N) is 6. The first-order valence-corrected chi connectivity index (χ1v) is 13.5. The van der Waals surface area contributed by atoms with Crippen LogP contribution in [0.2, 0.25) is 0 Å². The first-order chi connectivity index (χ1) is 18.0. The molecular weight excluding hydrogens is 472 g/mol. The number of carbonyl (C=O) groups is 1. The van der Waals surface area contributed by atoms with Gasteiger partial charge in [0, 0.05) is 56.0 Å². The second kappa shape index (κ2) is 9.90. The van der Waals surface area contributed by atoms with Crippen molar-refractivity contribution in [2.24, 2.45) is 0 Å². The van der Waals surface area contributed by atoms with Crippen LogP contribution < -0.4 is 4.90 Å². The molecule has 3 aromatic heterocycles. The summed E-state index contributed by atoms with van der Waals surface area (Å²) < 4.78 is 7.24. The Labute approximate surface area is 215 Å². The van der Waals surface area contributed by atoms with Gasteiger partial charge >= 0.3 is 5.97 Å². The maximum Gasteiger partial charge on any atom is 0.354 e. The molecule has 37 heavy (non-hydrogen) atoms. The molecule has 3 fully saturated rings. The predicted molar refractivity (Wildman–Crippen MR) is 139 cm³/mol. The van der Waals surface area contributed by atoms with Gasteiger partial charge in [-0.3, -0.25) is 4.90 Å². The van der Waals surface area contributed by atoms with E-state index in [2.05, 4.69) is 14.8 Å². The van der Waals surface area contributed by atoms with E-state index in [1.54, 1.807) is 16.8 Å². The number of aromatic nitrogens is 4. The second-order valence-electron chi connectivity index (χ2n) is 10.3. The third kappa shape index (κ3) is 4.31. The summed E-state index contributed by atoms with van der Waals surface area (Å²) in [5, 5.41) is 26.2. The number of piperidine rings is 1. The molecule has 10 nitrogen and oxygen atoms in total. The molecule has 10 heteroatoms. The van der Waals surface area contributed by atoms with Crippen LogP contribution in [0.1, 0.15) is 66.7 Å². The van der Waals surface area contributed by atoms with Gasteiger partial charge in [-0.1, -0.05) is 13.3 Å². The van der Waals surface area contributed by atoms with Crippen molar-refractivity contribution in [3.8, 4) is 11.6 Å². The molecule has 2 aliphatic heterocycles. The highest BCUT2D eigenvalue weighted by Crippen LogP contribution is 2.45. The van der Waals surface area contributed by atoms with E-state index < -0.39 is 5.97 Å².